The molecule has 1 aromatic heterocycles. The molecule has 2 heterocycles. The minimum Gasteiger partial charge on any atom is -0.489 e. The molecule has 1 atom stereocenters. The molecule has 1 aromatic carbocycles. The van der Waals surface area contributed by atoms with Gasteiger partial charge >= 0.3 is 0 Å². The molecule has 1 unspecified atom stereocenters. The number of fused-ring (bicyclic) bond motifs is 1. The Labute approximate surface area is 108 Å². The molecule has 1 aliphatic rings. The maximum atomic E-state index is 11.3. The maximum Gasteiger partial charge on any atom is 0.247 e. The summed E-state index contributed by atoms with van der Waals surface area (Å²) in [6, 6.07) is 7.04. The van der Waals surface area contributed by atoms with E-state index in [9.17, 15) is 8.42 Å². The largest absolute Gasteiger partial charge is 0.489 e. The van der Waals surface area contributed by atoms with Crippen LogP contribution in [0.3, 0.4) is 0 Å². The van der Waals surface area contributed by atoms with Crippen LogP contribution in [0.4, 0.5) is 0 Å². The molecular weight excluding hydrogens is 274 g/mol. The van der Waals surface area contributed by atoms with Crippen LogP contribution in [0.15, 0.2) is 28.5 Å². The first-order chi connectivity index (χ1) is 8.54. The minimum absolute atomic E-state index is 0.149. The third-order valence-corrected chi connectivity index (χ3v) is 5.18. The molecule has 5 nitrogen and oxygen atoms in total. The first-order valence-corrected chi connectivity index (χ1v) is 7.70. The zero-order chi connectivity index (χ0) is 12.8. The van der Waals surface area contributed by atoms with Crippen LogP contribution in [0.5, 0.6) is 5.75 Å². The molecule has 2 aromatic rings. The molecule has 0 saturated carbocycles. The Bertz CT molecular complexity index is 688. The first-order valence-electron chi connectivity index (χ1n) is 5.34. The van der Waals surface area contributed by atoms with Gasteiger partial charge in [0, 0.05) is 0 Å². The first kappa shape index (κ1) is 11.9. The topological polar surface area (TPSA) is 81.9 Å². The van der Waals surface area contributed by atoms with E-state index in [0.29, 0.717) is 12.4 Å². The quantitative estimate of drug-likeness (QED) is 0.859. The number of hydrogen-bond donors (Lipinski definition) is 1. The summed E-state index contributed by atoms with van der Waals surface area (Å²) in [5, 5.41) is 5.94. The molecule has 0 radical (unpaired) electrons. The highest BCUT2D eigenvalue weighted by molar-refractivity contribution is 7.91. The lowest BCUT2D eigenvalue weighted by Gasteiger charge is -2.04. The van der Waals surface area contributed by atoms with E-state index >= 15 is 0 Å². The Morgan fingerprint density at radius 1 is 1.50 bits per heavy atom. The molecular formula is C11H11NO4S2. The van der Waals surface area contributed by atoms with Crippen molar-refractivity contribution in [2.75, 3.05) is 13.2 Å². The highest BCUT2D eigenvalue weighted by Gasteiger charge is 2.23. The molecule has 2 N–H and O–H groups in total. The number of nitrogens with two attached hydrogens (primary N) is 1. The van der Waals surface area contributed by atoms with Gasteiger partial charge in [-0.3, -0.25) is 0 Å². The third-order valence-electron chi connectivity index (χ3n) is 2.59. The lowest BCUT2D eigenvalue weighted by Crippen LogP contribution is -2.09. The zero-order valence-corrected chi connectivity index (χ0v) is 11.0. The van der Waals surface area contributed by atoms with Gasteiger partial charge in [0.2, 0.25) is 10.0 Å². The number of sulfonamides is 1. The Morgan fingerprint density at radius 3 is 2.94 bits per heavy atom. The molecule has 0 bridgehead atoms. The van der Waals surface area contributed by atoms with Gasteiger partial charge in [0.25, 0.3) is 0 Å². The van der Waals surface area contributed by atoms with Gasteiger partial charge in [-0.05, 0) is 17.5 Å². The predicted molar refractivity (Wildman–Crippen MR) is 68.4 cm³/mol. The summed E-state index contributed by atoms with van der Waals surface area (Å²) in [6.45, 7) is 1.21. The minimum atomic E-state index is -3.66. The fraction of sp³-hybridized carbons (Fsp3) is 0.273. The van der Waals surface area contributed by atoms with Crippen LogP contribution in [0, 0.1) is 0 Å². The van der Waals surface area contributed by atoms with Crippen molar-refractivity contribution in [1.82, 2.24) is 0 Å². The fourth-order valence-corrected chi connectivity index (χ4v) is 3.48. The SMILES string of the molecule is NS(=O)(=O)c1cc2cccc(OCC3CO3)c2s1. The van der Waals surface area contributed by atoms with Gasteiger partial charge in [-0.2, -0.15) is 0 Å². The second-order valence-electron chi connectivity index (χ2n) is 4.05. The second-order valence-corrected chi connectivity index (χ2v) is 6.89. The number of rotatable bonds is 4. The zero-order valence-electron chi connectivity index (χ0n) is 9.33. The van der Waals surface area contributed by atoms with Gasteiger partial charge in [0.15, 0.2) is 0 Å². The monoisotopic (exact) mass is 285 g/mol. The van der Waals surface area contributed by atoms with Gasteiger partial charge in [-0.25, -0.2) is 13.6 Å². The molecule has 0 spiro atoms. The standard InChI is InChI=1S/C11H11NO4S2/c12-18(13,14)10-4-7-2-1-3-9(11(7)17-10)16-6-8-5-15-8/h1-4,8H,5-6H2,(H2,12,13,14). The lowest BCUT2D eigenvalue weighted by molar-refractivity contribution is 0.265. The van der Waals surface area contributed by atoms with Crippen LogP contribution < -0.4 is 9.88 Å². The average molecular weight is 285 g/mol. The summed E-state index contributed by atoms with van der Waals surface area (Å²) in [4.78, 5) is 0. The summed E-state index contributed by atoms with van der Waals surface area (Å²) >= 11 is 1.12. The van der Waals surface area contributed by atoms with Gasteiger partial charge in [0.05, 0.1) is 11.3 Å². The van der Waals surface area contributed by atoms with Crippen molar-refractivity contribution in [1.29, 1.82) is 0 Å². The number of thiophene rings is 1. The van der Waals surface area contributed by atoms with Crippen molar-refractivity contribution < 1.29 is 17.9 Å². The van der Waals surface area contributed by atoms with Crippen molar-refractivity contribution in [2.24, 2.45) is 5.14 Å². The Hall–Kier alpha value is -1.15. The highest BCUT2D eigenvalue weighted by atomic mass is 32.2. The Balaban J connectivity index is 2.00. The summed E-state index contributed by atoms with van der Waals surface area (Å²) < 4.78 is 34.3. The molecule has 1 aliphatic heterocycles. The van der Waals surface area contributed by atoms with Gasteiger partial charge in [-0.1, -0.05) is 12.1 Å². The molecule has 18 heavy (non-hydrogen) atoms. The van der Waals surface area contributed by atoms with Crippen LogP contribution in [-0.4, -0.2) is 27.7 Å². The third kappa shape index (κ3) is 2.35. The predicted octanol–water partition coefficient (Wildman–Crippen LogP) is 1.33. The summed E-state index contributed by atoms with van der Waals surface area (Å²) in [5.74, 6) is 0.669. The van der Waals surface area contributed by atoms with Gasteiger partial charge in [0.1, 0.15) is 22.7 Å². The number of hydrogen-bond acceptors (Lipinski definition) is 5. The number of ether oxygens (including phenoxy) is 2. The summed E-state index contributed by atoms with van der Waals surface area (Å²) in [7, 11) is -3.66. The molecule has 1 saturated heterocycles. The molecule has 1 fully saturated rings. The van der Waals surface area contributed by atoms with E-state index in [1.807, 2.05) is 18.2 Å². The highest BCUT2D eigenvalue weighted by Crippen LogP contribution is 2.35. The summed E-state index contributed by atoms with van der Waals surface area (Å²) in [5.41, 5.74) is 0. The van der Waals surface area contributed by atoms with Crippen molar-refractivity contribution in [3.05, 3.63) is 24.3 Å². The van der Waals surface area contributed by atoms with Gasteiger partial charge in [-0.15, -0.1) is 11.3 Å². The van der Waals surface area contributed by atoms with Gasteiger partial charge < -0.3 is 9.47 Å². The molecule has 0 aliphatic carbocycles. The molecule has 96 valence electrons. The van der Waals surface area contributed by atoms with Crippen LogP contribution in [-0.2, 0) is 14.8 Å². The van der Waals surface area contributed by atoms with E-state index in [4.69, 9.17) is 14.6 Å². The van der Waals surface area contributed by atoms with Crippen LogP contribution >= 0.6 is 11.3 Å². The Kier molecular flexibility index (Phi) is 2.78. The van der Waals surface area contributed by atoms with Crippen molar-refractivity contribution >= 4 is 31.4 Å². The average Bonchev–Trinajstić information content (AvgIpc) is 3.01. The summed E-state index contributed by atoms with van der Waals surface area (Å²) in [6.07, 6.45) is 0.165. The van der Waals surface area contributed by atoms with E-state index in [1.165, 1.54) is 0 Å². The Morgan fingerprint density at radius 2 is 2.28 bits per heavy atom. The van der Waals surface area contributed by atoms with E-state index in [-0.39, 0.29) is 10.3 Å². The molecule has 3 rings (SSSR count). The van der Waals surface area contributed by atoms with E-state index in [2.05, 4.69) is 0 Å². The van der Waals surface area contributed by atoms with Crippen molar-refractivity contribution in [3.63, 3.8) is 0 Å². The van der Waals surface area contributed by atoms with E-state index in [1.54, 1.807) is 6.07 Å². The molecule has 0 amide bonds. The van der Waals surface area contributed by atoms with Crippen LogP contribution in [0.25, 0.3) is 10.1 Å². The molecule has 7 heteroatoms. The van der Waals surface area contributed by atoms with Crippen molar-refractivity contribution in [3.8, 4) is 5.75 Å². The fourth-order valence-electron chi connectivity index (χ4n) is 1.61. The van der Waals surface area contributed by atoms with Crippen LogP contribution in [0.1, 0.15) is 0 Å². The second kappa shape index (κ2) is 4.20. The number of primary sulfonamides is 1. The van der Waals surface area contributed by atoms with Crippen molar-refractivity contribution in [2.45, 2.75) is 10.3 Å². The van der Waals surface area contributed by atoms with E-state index < -0.39 is 10.0 Å². The van der Waals surface area contributed by atoms with Crippen LogP contribution in [0.2, 0.25) is 0 Å². The van der Waals surface area contributed by atoms with E-state index in [0.717, 1.165) is 28.0 Å². The number of epoxide rings is 1. The number of benzene rings is 1. The smallest absolute Gasteiger partial charge is 0.247 e. The maximum absolute atomic E-state index is 11.3. The lowest BCUT2D eigenvalue weighted by atomic mass is 10.2. The normalized spacial score (nSPS) is 19.1.